The fourth-order valence-electron chi connectivity index (χ4n) is 2.84. The summed E-state index contributed by atoms with van der Waals surface area (Å²) in [4.78, 5) is 10.6. The van der Waals surface area contributed by atoms with Gasteiger partial charge >= 0.3 is 0 Å². The van der Waals surface area contributed by atoms with Crippen molar-refractivity contribution in [3.63, 3.8) is 0 Å². The molecule has 1 unspecified atom stereocenters. The number of aryl methyl sites for hydroxylation is 3. The molecule has 1 aromatic carbocycles. The van der Waals surface area contributed by atoms with Gasteiger partial charge in [-0.3, -0.25) is 0 Å². The first-order valence-corrected chi connectivity index (χ1v) is 8.42. The van der Waals surface area contributed by atoms with Crippen molar-refractivity contribution in [3.8, 4) is 0 Å². The van der Waals surface area contributed by atoms with Crippen molar-refractivity contribution < 1.29 is 0 Å². The molecule has 0 fully saturated rings. The molecule has 2 aromatic heterocycles. The van der Waals surface area contributed by atoms with Crippen LogP contribution in [0.2, 0.25) is 0 Å². The van der Waals surface area contributed by atoms with E-state index in [4.69, 9.17) is 16.6 Å². The number of nitrogens with zero attached hydrogens (tertiary/aromatic N) is 3. The number of alkyl halides is 1. The van der Waals surface area contributed by atoms with Gasteiger partial charge in [0.2, 0.25) is 0 Å². The highest BCUT2D eigenvalue weighted by molar-refractivity contribution is 7.11. The summed E-state index contributed by atoms with van der Waals surface area (Å²) >= 11 is 7.72. The molecule has 0 aliphatic rings. The van der Waals surface area contributed by atoms with Crippen molar-refractivity contribution in [3.05, 3.63) is 45.7 Å². The highest BCUT2D eigenvalue weighted by atomic mass is 35.5. The van der Waals surface area contributed by atoms with Crippen molar-refractivity contribution in [1.82, 2.24) is 14.5 Å². The van der Waals surface area contributed by atoms with Gasteiger partial charge in [0.25, 0.3) is 0 Å². The van der Waals surface area contributed by atoms with Gasteiger partial charge in [0.1, 0.15) is 5.82 Å². The van der Waals surface area contributed by atoms with Crippen molar-refractivity contribution in [2.45, 2.75) is 33.2 Å². The van der Waals surface area contributed by atoms with E-state index in [1.165, 1.54) is 4.88 Å². The van der Waals surface area contributed by atoms with Crippen LogP contribution < -0.4 is 0 Å². The molecule has 0 N–H and O–H groups in total. The van der Waals surface area contributed by atoms with Gasteiger partial charge in [-0.25, -0.2) is 9.97 Å². The Hall–Kier alpha value is -1.39. The van der Waals surface area contributed by atoms with Gasteiger partial charge in [-0.1, -0.05) is 12.1 Å². The van der Waals surface area contributed by atoms with Crippen molar-refractivity contribution in [2.24, 2.45) is 0 Å². The molecule has 0 amide bonds. The van der Waals surface area contributed by atoms with Crippen molar-refractivity contribution in [2.75, 3.05) is 5.88 Å². The lowest BCUT2D eigenvalue weighted by Crippen LogP contribution is -2.11. The summed E-state index contributed by atoms with van der Waals surface area (Å²) in [6, 6.07) is 8.49. The Morgan fingerprint density at radius 1 is 1.24 bits per heavy atom. The first-order valence-electron chi connectivity index (χ1n) is 7.07. The van der Waals surface area contributed by atoms with Crippen LogP contribution >= 0.6 is 22.9 Å². The van der Waals surface area contributed by atoms with Gasteiger partial charge in [-0.15, -0.1) is 22.9 Å². The number of para-hydroxylation sites is 2. The van der Waals surface area contributed by atoms with Crippen LogP contribution in [0.1, 0.15) is 34.4 Å². The van der Waals surface area contributed by atoms with Crippen LogP contribution in [0.15, 0.2) is 24.3 Å². The van der Waals surface area contributed by atoms with Crippen molar-refractivity contribution in [1.29, 1.82) is 0 Å². The minimum atomic E-state index is 0.224. The maximum absolute atomic E-state index is 5.96. The zero-order chi connectivity index (χ0) is 15.0. The molecule has 3 aromatic rings. The van der Waals surface area contributed by atoms with Crippen LogP contribution in [0.4, 0.5) is 0 Å². The van der Waals surface area contributed by atoms with E-state index in [1.54, 1.807) is 11.3 Å². The number of benzene rings is 1. The molecule has 0 spiro atoms. The average molecular weight is 320 g/mol. The van der Waals surface area contributed by atoms with E-state index in [0.717, 1.165) is 34.0 Å². The Labute approximate surface area is 133 Å². The molecule has 0 saturated carbocycles. The molecule has 3 nitrogen and oxygen atoms in total. The van der Waals surface area contributed by atoms with Crippen LogP contribution in [0, 0.1) is 13.8 Å². The van der Waals surface area contributed by atoms with Crippen LogP contribution in [0.5, 0.6) is 0 Å². The van der Waals surface area contributed by atoms with Gasteiger partial charge in [-0.05, 0) is 32.9 Å². The molecule has 21 heavy (non-hydrogen) atoms. The number of imidazole rings is 1. The van der Waals surface area contributed by atoms with Crippen LogP contribution in [-0.2, 0) is 6.42 Å². The summed E-state index contributed by atoms with van der Waals surface area (Å²) in [5.41, 5.74) is 3.30. The molecular weight excluding hydrogens is 302 g/mol. The summed E-state index contributed by atoms with van der Waals surface area (Å²) in [5.74, 6) is 1.63. The topological polar surface area (TPSA) is 30.7 Å². The maximum Gasteiger partial charge on any atom is 0.111 e. The minimum Gasteiger partial charge on any atom is -0.320 e. The largest absolute Gasteiger partial charge is 0.320 e. The molecule has 110 valence electrons. The standard InChI is InChI=1S/C16H18ClN3S/c1-10-16(21-12(3)18-10)11(2)20-14-7-5-4-6-13(14)19-15(20)8-9-17/h4-7,11H,8-9H2,1-3H3. The predicted octanol–water partition coefficient (Wildman–Crippen LogP) is 4.50. The summed E-state index contributed by atoms with van der Waals surface area (Å²) in [6.45, 7) is 6.35. The molecule has 0 radical (unpaired) electrons. The third-order valence-corrected chi connectivity index (χ3v) is 5.13. The van der Waals surface area contributed by atoms with E-state index in [-0.39, 0.29) is 6.04 Å². The fourth-order valence-corrected chi connectivity index (χ4v) is 3.98. The van der Waals surface area contributed by atoms with Gasteiger partial charge in [-0.2, -0.15) is 0 Å². The Morgan fingerprint density at radius 3 is 2.67 bits per heavy atom. The first-order chi connectivity index (χ1) is 10.1. The SMILES string of the molecule is Cc1nc(C)c(C(C)n2c(CCCl)nc3ccccc32)s1. The zero-order valence-electron chi connectivity index (χ0n) is 12.4. The third-order valence-electron chi connectivity index (χ3n) is 3.69. The van der Waals surface area contributed by atoms with E-state index in [9.17, 15) is 0 Å². The molecule has 1 atom stereocenters. The normalized spacial score (nSPS) is 13.0. The number of hydrogen-bond acceptors (Lipinski definition) is 3. The van der Waals surface area contributed by atoms with E-state index in [2.05, 4.69) is 48.5 Å². The van der Waals surface area contributed by atoms with Gasteiger partial charge < -0.3 is 4.57 Å². The average Bonchev–Trinajstić information content (AvgIpc) is 2.98. The van der Waals surface area contributed by atoms with E-state index in [1.807, 2.05) is 6.07 Å². The quantitative estimate of drug-likeness (QED) is 0.663. The molecule has 0 aliphatic heterocycles. The molecule has 0 aliphatic carbocycles. The van der Waals surface area contributed by atoms with E-state index < -0.39 is 0 Å². The maximum atomic E-state index is 5.96. The smallest absolute Gasteiger partial charge is 0.111 e. The third kappa shape index (κ3) is 2.58. The Bertz CT molecular complexity index is 775. The van der Waals surface area contributed by atoms with E-state index >= 15 is 0 Å². The summed E-state index contributed by atoms with van der Waals surface area (Å²) < 4.78 is 2.30. The van der Waals surface area contributed by atoms with Crippen LogP contribution in [0.3, 0.4) is 0 Å². The highest BCUT2D eigenvalue weighted by Crippen LogP contribution is 2.31. The second-order valence-electron chi connectivity index (χ2n) is 5.18. The van der Waals surface area contributed by atoms with Gasteiger partial charge in [0, 0.05) is 12.3 Å². The summed E-state index contributed by atoms with van der Waals surface area (Å²) in [6.07, 6.45) is 0.775. The number of rotatable bonds is 4. The highest BCUT2D eigenvalue weighted by Gasteiger charge is 2.20. The second kappa shape index (κ2) is 5.78. The Kier molecular flexibility index (Phi) is 4.00. The minimum absolute atomic E-state index is 0.224. The second-order valence-corrected chi connectivity index (χ2v) is 6.80. The lowest BCUT2D eigenvalue weighted by atomic mass is 10.2. The fraction of sp³-hybridized carbons (Fsp3) is 0.375. The summed E-state index contributed by atoms with van der Waals surface area (Å²) in [5, 5.41) is 1.11. The van der Waals surface area contributed by atoms with Gasteiger partial charge in [0.15, 0.2) is 0 Å². The van der Waals surface area contributed by atoms with Crippen LogP contribution in [-0.4, -0.2) is 20.4 Å². The lowest BCUT2D eigenvalue weighted by Gasteiger charge is -2.16. The molecular formula is C16H18ClN3S. The number of aromatic nitrogens is 3. The number of fused-ring (bicyclic) bond motifs is 1. The molecule has 3 rings (SSSR count). The van der Waals surface area contributed by atoms with Crippen molar-refractivity contribution >= 4 is 34.0 Å². The number of thiazole rings is 1. The predicted molar refractivity (Wildman–Crippen MR) is 89.6 cm³/mol. The monoisotopic (exact) mass is 319 g/mol. The lowest BCUT2D eigenvalue weighted by molar-refractivity contribution is 0.629. The molecule has 5 heteroatoms. The van der Waals surface area contributed by atoms with Gasteiger partial charge in [0.05, 0.1) is 32.7 Å². The molecule has 0 bridgehead atoms. The number of hydrogen-bond donors (Lipinski definition) is 0. The zero-order valence-corrected chi connectivity index (χ0v) is 14.0. The first kappa shape index (κ1) is 14.5. The van der Waals surface area contributed by atoms with E-state index in [0.29, 0.717) is 5.88 Å². The summed E-state index contributed by atoms with van der Waals surface area (Å²) in [7, 11) is 0. The molecule has 2 heterocycles. The Morgan fingerprint density at radius 2 is 2.00 bits per heavy atom. The number of halogens is 1. The Balaban J connectivity index is 2.17. The van der Waals surface area contributed by atoms with Crippen LogP contribution in [0.25, 0.3) is 11.0 Å². The molecule has 0 saturated heterocycles.